The molecule has 0 radical (unpaired) electrons. The molecule has 1 aromatic carbocycles. The summed E-state index contributed by atoms with van der Waals surface area (Å²) in [5, 5.41) is 12.4. The van der Waals surface area contributed by atoms with E-state index in [-0.39, 0.29) is 0 Å². The van der Waals surface area contributed by atoms with Crippen LogP contribution in [0.1, 0.15) is 23.2 Å². The molecule has 0 saturated heterocycles. The molecule has 0 amide bonds. The maximum Gasteiger partial charge on any atom is 0.166 e. The third-order valence-corrected chi connectivity index (χ3v) is 3.45. The number of para-hydroxylation sites is 1. The van der Waals surface area contributed by atoms with Crippen LogP contribution in [0.2, 0.25) is 0 Å². The molecule has 22 heavy (non-hydrogen) atoms. The van der Waals surface area contributed by atoms with E-state index in [1.54, 1.807) is 6.07 Å². The number of anilines is 1. The molecule has 0 spiro atoms. The molecule has 5 nitrogen and oxygen atoms in total. The Morgan fingerprint density at radius 1 is 1.23 bits per heavy atom. The zero-order valence-corrected chi connectivity index (χ0v) is 12.4. The van der Waals surface area contributed by atoms with Crippen molar-refractivity contribution < 1.29 is 9.47 Å². The second-order valence-corrected chi connectivity index (χ2v) is 5.11. The first-order valence-electron chi connectivity index (χ1n) is 7.27. The molecule has 0 saturated carbocycles. The Bertz CT molecular complexity index is 722. The van der Waals surface area contributed by atoms with Gasteiger partial charge in [-0.2, -0.15) is 5.26 Å². The van der Waals surface area contributed by atoms with E-state index in [4.69, 9.17) is 14.7 Å². The maximum atomic E-state index is 9.16. The molecule has 1 aliphatic heterocycles. The standard InChI is InChI=1S/C17H17N3O2/c1-12-6-7-13(10-18)17(20-12)19-11-14-4-2-5-15-16(14)22-9-3-8-21-15/h2,4-7H,3,8-9,11H2,1H3,(H,19,20). The van der Waals surface area contributed by atoms with Gasteiger partial charge in [0.15, 0.2) is 11.5 Å². The number of benzene rings is 1. The van der Waals surface area contributed by atoms with Crippen LogP contribution in [-0.2, 0) is 6.54 Å². The van der Waals surface area contributed by atoms with Gasteiger partial charge >= 0.3 is 0 Å². The molecule has 2 aromatic rings. The van der Waals surface area contributed by atoms with Crippen LogP contribution >= 0.6 is 0 Å². The lowest BCUT2D eigenvalue weighted by atomic mass is 10.1. The lowest BCUT2D eigenvalue weighted by Gasteiger charge is -2.14. The highest BCUT2D eigenvalue weighted by Crippen LogP contribution is 2.33. The molecule has 0 unspecified atom stereocenters. The highest BCUT2D eigenvalue weighted by atomic mass is 16.5. The van der Waals surface area contributed by atoms with Gasteiger partial charge in [-0.15, -0.1) is 0 Å². The minimum absolute atomic E-state index is 0.525. The molecular weight excluding hydrogens is 278 g/mol. The summed E-state index contributed by atoms with van der Waals surface area (Å²) in [7, 11) is 0. The van der Waals surface area contributed by atoms with E-state index in [1.807, 2.05) is 31.2 Å². The van der Waals surface area contributed by atoms with Crippen LogP contribution in [0.5, 0.6) is 11.5 Å². The molecule has 112 valence electrons. The minimum atomic E-state index is 0.525. The van der Waals surface area contributed by atoms with Crippen molar-refractivity contribution in [1.82, 2.24) is 4.98 Å². The van der Waals surface area contributed by atoms with Crippen LogP contribution in [0, 0.1) is 18.3 Å². The number of pyridine rings is 1. The summed E-state index contributed by atoms with van der Waals surface area (Å²) in [6.07, 6.45) is 0.875. The number of rotatable bonds is 3. The number of hydrogen-bond acceptors (Lipinski definition) is 5. The number of hydrogen-bond donors (Lipinski definition) is 1. The van der Waals surface area contributed by atoms with E-state index < -0.39 is 0 Å². The van der Waals surface area contributed by atoms with Crippen molar-refractivity contribution in [3.8, 4) is 17.6 Å². The van der Waals surface area contributed by atoms with Crippen molar-refractivity contribution in [3.05, 3.63) is 47.2 Å². The van der Waals surface area contributed by atoms with Gasteiger partial charge in [0.1, 0.15) is 11.9 Å². The Kier molecular flexibility index (Phi) is 4.10. The minimum Gasteiger partial charge on any atom is -0.490 e. The summed E-state index contributed by atoms with van der Waals surface area (Å²) in [5.74, 6) is 2.14. The Balaban J connectivity index is 1.83. The van der Waals surface area contributed by atoms with Crippen molar-refractivity contribution >= 4 is 5.82 Å². The largest absolute Gasteiger partial charge is 0.490 e. The van der Waals surface area contributed by atoms with Crippen molar-refractivity contribution in [2.45, 2.75) is 19.9 Å². The van der Waals surface area contributed by atoms with Crippen molar-refractivity contribution in [3.63, 3.8) is 0 Å². The van der Waals surface area contributed by atoms with Crippen LogP contribution in [0.15, 0.2) is 30.3 Å². The normalized spacial score (nSPS) is 13.1. The highest BCUT2D eigenvalue weighted by molar-refractivity contribution is 5.54. The van der Waals surface area contributed by atoms with Crippen LogP contribution in [-0.4, -0.2) is 18.2 Å². The number of ether oxygens (including phenoxy) is 2. The Morgan fingerprint density at radius 3 is 2.95 bits per heavy atom. The van der Waals surface area contributed by atoms with Gasteiger partial charge in [-0.1, -0.05) is 12.1 Å². The van der Waals surface area contributed by atoms with Gasteiger partial charge in [-0.25, -0.2) is 4.98 Å². The average molecular weight is 295 g/mol. The molecule has 0 atom stereocenters. The number of aromatic nitrogens is 1. The monoisotopic (exact) mass is 295 g/mol. The molecule has 0 fully saturated rings. The van der Waals surface area contributed by atoms with E-state index in [0.717, 1.165) is 29.2 Å². The Morgan fingerprint density at radius 2 is 2.09 bits per heavy atom. The summed E-state index contributed by atoms with van der Waals surface area (Å²) in [6.45, 7) is 3.74. The molecule has 3 rings (SSSR count). The molecule has 1 aromatic heterocycles. The van der Waals surface area contributed by atoms with Crippen LogP contribution in [0.3, 0.4) is 0 Å². The number of nitrogens with one attached hydrogen (secondary N) is 1. The quantitative estimate of drug-likeness (QED) is 0.942. The fourth-order valence-corrected chi connectivity index (χ4v) is 2.35. The van der Waals surface area contributed by atoms with Gasteiger partial charge in [0, 0.05) is 24.2 Å². The predicted molar refractivity (Wildman–Crippen MR) is 83.1 cm³/mol. The van der Waals surface area contributed by atoms with Gasteiger partial charge in [0.25, 0.3) is 0 Å². The topological polar surface area (TPSA) is 67.2 Å². The summed E-state index contributed by atoms with van der Waals surface area (Å²) >= 11 is 0. The smallest absolute Gasteiger partial charge is 0.166 e. The van der Waals surface area contributed by atoms with E-state index in [0.29, 0.717) is 31.1 Å². The van der Waals surface area contributed by atoms with Crippen LogP contribution in [0.25, 0.3) is 0 Å². The Hall–Kier alpha value is -2.74. The zero-order chi connectivity index (χ0) is 15.4. The SMILES string of the molecule is Cc1ccc(C#N)c(NCc2cccc3c2OCCCO3)n1. The van der Waals surface area contributed by atoms with Crippen molar-refractivity contribution in [2.24, 2.45) is 0 Å². The fraction of sp³-hybridized carbons (Fsp3) is 0.294. The zero-order valence-electron chi connectivity index (χ0n) is 12.4. The van der Waals surface area contributed by atoms with E-state index >= 15 is 0 Å². The van der Waals surface area contributed by atoms with E-state index in [9.17, 15) is 0 Å². The second-order valence-electron chi connectivity index (χ2n) is 5.11. The van der Waals surface area contributed by atoms with Gasteiger partial charge in [-0.3, -0.25) is 0 Å². The first-order chi connectivity index (χ1) is 10.8. The molecule has 0 aliphatic carbocycles. The number of nitriles is 1. The lowest BCUT2D eigenvalue weighted by Crippen LogP contribution is -2.06. The number of aryl methyl sites for hydroxylation is 1. The number of nitrogens with zero attached hydrogens (tertiary/aromatic N) is 2. The molecular formula is C17H17N3O2. The third kappa shape index (κ3) is 2.96. The first kappa shape index (κ1) is 14.2. The highest BCUT2D eigenvalue weighted by Gasteiger charge is 2.14. The van der Waals surface area contributed by atoms with Crippen LogP contribution in [0.4, 0.5) is 5.82 Å². The summed E-state index contributed by atoms with van der Waals surface area (Å²) < 4.78 is 11.5. The molecule has 2 heterocycles. The summed E-state index contributed by atoms with van der Waals surface area (Å²) in [4.78, 5) is 4.38. The number of fused-ring (bicyclic) bond motifs is 1. The summed E-state index contributed by atoms with van der Waals surface area (Å²) in [5.41, 5.74) is 2.39. The van der Waals surface area contributed by atoms with Crippen molar-refractivity contribution in [1.29, 1.82) is 5.26 Å². The summed E-state index contributed by atoms with van der Waals surface area (Å²) in [6, 6.07) is 11.6. The average Bonchev–Trinajstić information content (AvgIpc) is 2.78. The Labute approximate surface area is 129 Å². The van der Waals surface area contributed by atoms with Crippen molar-refractivity contribution in [2.75, 3.05) is 18.5 Å². The lowest BCUT2D eigenvalue weighted by molar-refractivity contribution is 0.296. The maximum absolute atomic E-state index is 9.16. The van der Waals surface area contributed by atoms with Crippen LogP contribution < -0.4 is 14.8 Å². The predicted octanol–water partition coefficient (Wildman–Crippen LogP) is 3.04. The molecule has 0 bridgehead atoms. The van der Waals surface area contributed by atoms with E-state index in [2.05, 4.69) is 16.4 Å². The second kappa shape index (κ2) is 6.35. The first-order valence-corrected chi connectivity index (χ1v) is 7.27. The third-order valence-electron chi connectivity index (χ3n) is 3.45. The van der Waals surface area contributed by atoms with E-state index in [1.165, 1.54) is 0 Å². The molecule has 1 aliphatic rings. The van der Waals surface area contributed by atoms with Gasteiger partial charge in [-0.05, 0) is 25.1 Å². The van der Waals surface area contributed by atoms with Gasteiger partial charge in [0.05, 0.1) is 18.8 Å². The van der Waals surface area contributed by atoms with Gasteiger partial charge in [0.2, 0.25) is 0 Å². The fourth-order valence-electron chi connectivity index (χ4n) is 2.35. The molecule has 1 N–H and O–H groups in total. The van der Waals surface area contributed by atoms with Gasteiger partial charge < -0.3 is 14.8 Å². The molecule has 5 heteroatoms.